The average Bonchev–Trinajstić information content (AvgIpc) is 3.26. The fourth-order valence-corrected chi connectivity index (χ4v) is 2.72. The molecule has 154 valence electrons. The van der Waals surface area contributed by atoms with Crippen LogP contribution in [0.25, 0.3) is 6.08 Å². The van der Waals surface area contributed by atoms with Crippen LogP contribution in [0.2, 0.25) is 0 Å². The van der Waals surface area contributed by atoms with Crippen LogP contribution in [0.5, 0.6) is 11.5 Å². The molecule has 2 aromatic rings. The van der Waals surface area contributed by atoms with Crippen molar-refractivity contribution < 1.29 is 14.3 Å². The van der Waals surface area contributed by atoms with Gasteiger partial charge < -0.3 is 19.4 Å². The average molecular weight is 396 g/mol. The lowest BCUT2D eigenvalue weighted by Gasteiger charge is -2.11. The Labute approximate surface area is 172 Å². The van der Waals surface area contributed by atoms with Gasteiger partial charge in [0.05, 0.1) is 20.0 Å². The molecule has 7 nitrogen and oxygen atoms in total. The third-order valence-corrected chi connectivity index (χ3v) is 4.31. The van der Waals surface area contributed by atoms with Crippen LogP contribution in [-0.2, 0) is 11.3 Å². The highest BCUT2D eigenvalue weighted by atomic mass is 16.5. The monoisotopic (exact) mass is 396 g/mol. The van der Waals surface area contributed by atoms with Gasteiger partial charge in [0.15, 0.2) is 11.5 Å². The number of amides is 1. The molecule has 2 rings (SSSR count). The lowest BCUT2D eigenvalue weighted by Crippen LogP contribution is -2.26. The number of aryl methyl sites for hydroxylation is 1. The molecule has 0 radical (unpaired) electrons. The number of nitriles is 1. The number of aromatic nitrogens is 2. The van der Waals surface area contributed by atoms with Crippen molar-refractivity contribution in [3.63, 3.8) is 0 Å². The van der Waals surface area contributed by atoms with Gasteiger partial charge in [0, 0.05) is 25.5 Å². The quantitative estimate of drug-likeness (QED) is 0.336. The normalized spacial score (nSPS) is 11.0. The van der Waals surface area contributed by atoms with Crippen LogP contribution < -0.4 is 14.8 Å². The van der Waals surface area contributed by atoms with E-state index < -0.39 is 5.91 Å². The molecule has 0 saturated carbocycles. The summed E-state index contributed by atoms with van der Waals surface area (Å²) in [5.74, 6) is 0.841. The van der Waals surface area contributed by atoms with Crippen LogP contribution in [0.4, 0.5) is 0 Å². The number of hydrogen-bond acceptors (Lipinski definition) is 5. The van der Waals surface area contributed by atoms with E-state index in [0.29, 0.717) is 30.2 Å². The lowest BCUT2D eigenvalue weighted by atomic mass is 10.1. The van der Waals surface area contributed by atoms with Crippen molar-refractivity contribution in [3.8, 4) is 17.6 Å². The molecule has 1 aromatic heterocycles. The molecule has 1 N–H and O–H groups in total. The lowest BCUT2D eigenvalue weighted by molar-refractivity contribution is -0.117. The molecular weight excluding hydrogens is 368 g/mol. The Kier molecular flexibility index (Phi) is 9.30. The Balaban J connectivity index is 1.93. The minimum absolute atomic E-state index is 0.0475. The number of hydrogen-bond donors (Lipinski definition) is 1. The first kappa shape index (κ1) is 22.0. The van der Waals surface area contributed by atoms with Crippen molar-refractivity contribution in [1.82, 2.24) is 14.9 Å². The van der Waals surface area contributed by atoms with E-state index in [2.05, 4.69) is 17.2 Å². The highest BCUT2D eigenvalue weighted by Crippen LogP contribution is 2.29. The SMILES string of the molecule is CCCCCOc1ccc(C=C(C#N)C(=O)NCCCn2ccnc2)cc1OC. The van der Waals surface area contributed by atoms with E-state index in [0.717, 1.165) is 32.2 Å². The van der Waals surface area contributed by atoms with E-state index in [1.54, 1.807) is 43.9 Å². The predicted molar refractivity (Wildman–Crippen MR) is 111 cm³/mol. The van der Waals surface area contributed by atoms with E-state index in [1.165, 1.54) is 0 Å². The zero-order valence-electron chi connectivity index (χ0n) is 17.1. The second-order valence-corrected chi connectivity index (χ2v) is 6.55. The van der Waals surface area contributed by atoms with Gasteiger partial charge in [0.25, 0.3) is 5.91 Å². The fourth-order valence-electron chi connectivity index (χ4n) is 2.72. The van der Waals surface area contributed by atoms with Gasteiger partial charge in [-0.15, -0.1) is 0 Å². The van der Waals surface area contributed by atoms with E-state index in [9.17, 15) is 10.1 Å². The van der Waals surface area contributed by atoms with Gasteiger partial charge in [-0.2, -0.15) is 5.26 Å². The summed E-state index contributed by atoms with van der Waals surface area (Å²) < 4.78 is 13.1. The number of methoxy groups -OCH3 is 1. The molecule has 7 heteroatoms. The summed E-state index contributed by atoms with van der Waals surface area (Å²) in [5, 5.41) is 12.1. The van der Waals surface area contributed by atoms with Crippen molar-refractivity contribution in [2.24, 2.45) is 0 Å². The Morgan fingerprint density at radius 1 is 1.31 bits per heavy atom. The minimum atomic E-state index is -0.392. The molecule has 1 amide bonds. The van der Waals surface area contributed by atoms with Gasteiger partial charge in [-0.3, -0.25) is 4.79 Å². The first-order chi connectivity index (χ1) is 14.2. The van der Waals surface area contributed by atoms with Gasteiger partial charge in [-0.25, -0.2) is 4.98 Å². The number of ether oxygens (including phenoxy) is 2. The summed E-state index contributed by atoms with van der Waals surface area (Å²) in [6.07, 6.45) is 10.8. The number of unbranched alkanes of at least 4 members (excludes halogenated alkanes) is 2. The van der Waals surface area contributed by atoms with E-state index in [-0.39, 0.29) is 5.57 Å². The third-order valence-electron chi connectivity index (χ3n) is 4.31. The number of benzene rings is 1. The largest absolute Gasteiger partial charge is 0.493 e. The van der Waals surface area contributed by atoms with Crippen LogP contribution in [-0.4, -0.2) is 35.7 Å². The van der Waals surface area contributed by atoms with E-state index >= 15 is 0 Å². The molecule has 1 heterocycles. The molecule has 29 heavy (non-hydrogen) atoms. The molecule has 1 aromatic carbocycles. The summed E-state index contributed by atoms with van der Waals surface area (Å²) in [7, 11) is 1.57. The first-order valence-electron chi connectivity index (χ1n) is 9.84. The maximum Gasteiger partial charge on any atom is 0.261 e. The topological polar surface area (TPSA) is 89.2 Å². The summed E-state index contributed by atoms with van der Waals surface area (Å²) in [6, 6.07) is 7.34. The fraction of sp³-hybridized carbons (Fsp3) is 0.409. The minimum Gasteiger partial charge on any atom is -0.493 e. The van der Waals surface area contributed by atoms with Crippen LogP contribution in [0.3, 0.4) is 0 Å². The molecule has 0 fully saturated rings. The maximum atomic E-state index is 12.3. The third kappa shape index (κ3) is 7.34. The zero-order chi connectivity index (χ0) is 20.9. The molecule has 0 unspecified atom stereocenters. The number of carbonyl (C=O) groups excluding carboxylic acids is 1. The van der Waals surface area contributed by atoms with Crippen molar-refractivity contribution in [1.29, 1.82) is 5.26 Å². The summed E-state index contributed by atoms with van der Waals surface area (Å²) in [4.78, 5) is 16.3. The molecule has 0 bridgehead atoms. The first-order valence-corrected chi connectivity index (χ1v) is 9.84. The van der Waals surface area contributed by atoms with Crippen LogP contribution >= 0.6 is 0 Å². The van der Waals surface area contributed by atoms with Crippen molar-refractivity contribution in [2.45, 2.75) is 39.2 Å². The Hall–Kier alpha value is -3.27. The van der Waals surface area contributed by atoms with Crippen LogP contribution in [0.15, 0.2) is 42.5 Å². The molecule has 0 saturated heterocycles. The molecule has 0 spiro atoms. The van der Waals surface area contributed by atoms with Gasteiger partial charge >= 0.3 is 0 Å². The Morgan fingerprint density at radius 3 is 2.86 bits per heavy atom. The van der Waals surface area contributed by atoms with E-state index in [1.807, 2.05) is 16.8 Å². The second kappa shape index (κ2) is 12.2. The molecule has 0 aliphatic carbocycles. The Morgan fingerprint density at radius 2 is 2.17 bits per heavy atom. The Bertz CT molecular complexity index is 838. The summed E-state index contributed by atoms with van der Waals surface area (Å²) >= 11 is 0. The van der Waals surface area contributed by atoms with Crippen molar-refractivity contribution in [3.05, 3.63) is 48.1 Å². The summed E-state index contributed by atoms with van der Waals surface area (Å²) in [6.45, 7) is 4.00. The number of rotatable bonds is 12. The van der Waals surface area contributed by atoms with Crippen molar-refractivity contribution in [2.75, 3.05) is 20.3 Å². The van der Waals surface area contributed by atoms with E-state index in [4.69, 9.17) is 9.47 Å². The van der Waals surface area contributed by atoms with Crippen molar-refractivity contribution >= 4 is 12.0 Å². The van der Waals surface area contributed by atoms with Gasteiger partial charge in [-0.05, 0) is 36.6 Å². The molecule has 0 atom stereocenters. The number of imidazole rings is 1. The zero-order valence-corrected chi connectivity index (χ0v) is 17.1. The number of nitrogens with one attached hydrogen (secondary N) is 1. The highest BCUT2D eigenvalue weighted by Gasteiger charge is 2.10. The number of carbonyl (C=O) groups is 1. The smallest absolute Gasteiger partial charge is 0.261 e. The predicted octanol–water partition coefficient (Wildman–Crippen LogP) is 3.57. The molecule has 0 aliphatic heterocycles. The molecule has 0 aliphatic rings. The standard InChI is InChI=1S/C22H28N4O3/c1-3-4-5-13-29-20-8-7-18(15-21(20)28-2)14-19(16-23)22(27)25-9-6-11-26-12-10-24-17-26/h7-8,10,12,14-15,17H,3-6,9,11,13H2,1-2H3,(H,25,27). The number of nitrogens with zero attached hydrogens (tertiary/aromatic N) is 3. The van der Waals surface area contributed by atoms with Gasteiger partial charge in [0.1, 0.15) is 11.6 Å². The van der Waals surface area contributed by atoms with Crippen LogP contribution in [0, 0.1) is 11.3 Å². The summed E-state index contributed by atoms with van der Waals surface area (Å²) in [5.41, 5.74) is 0.749. The van der Waals surface area contributed by atoms with Crippen LogP contribution in [0.1, 0.15) is 38.2 Å². The molecular formula is C22H28N4O3. The van der Waals surface area contributed by atoms with Gasteiger partial charge in [-0.1, -0.05) is 25.8 Å². The van der Waals surface area contributed by atoms with Gasteiger partial charge in [0.2, 0.25) is 0 Å². The maximum absolute atomic E-state index is 12.3. The highest BCUT2D eigenvalue weighted by molar-refractivity contribution is 6.01. The second-order valence-electron chi connectivity index (χ2n) is 6.55.